The van der Waals surface area contributed by atoms with Crippen molar-refractivity contribution >= 4 is 34.1 Å². The van der Waals surface area contributed by atoms with Gasteiger partial charge in [0.25, 0.3) is 0 Å². The summed E-state index contributed by atoms with van der Waals surface area (Å²) in [5.74, 6) is 0.846. The van der Waals surface area contributed by atoms with Crippen molar-refractivity contribution in [3.63, 3.8) is 0 Å². The molecule has 1 saturated heterocycles. The number of aromatic nitrogens is 2. The van der Waals surface area contributed by atoms with Crippen LogP contribution in [0.4, 0.5) is 22.0 Å². The Kier molecular flexibility index (Phi) is 5.34. The van der Waals surface area contributed by atoms with Crippen LogP contribution in [-0.2, 0) is 4.74 Å². The van der Waals surface area contributed by atoms with Gasteiger partial charge in [0, 0.05) is 41.4 Å². The third-order valence-electron chi connectivity index (χ3n) is 6.51. The Morgan fingerprint density at radius 3 is 2.82 bits per heavy atom. The smallest absolute Gasteiger partial charge is 0.413 e. The number of nitrogens with one attached hydrogen (secondary N) is 1. The highest BCUT2D eigenvalue weighted by Gasteiger charge is 2.35. The van der Waals surface area contributed by atoms with E-state index in [0.717, 1.165) is 16.8 Å². The normalized spacial score (nSPS) is 19.1. The lowest BCUT2D eigenvalue weighted by atomic mass is 9.93. The van der Waals surface area contributed by atoms with Gasteiger partial charge >= 0.3 is 6.09 Å². The van der Waals surface area contributed by atoms with Gasteiger partial charge in [0.2, 0.25) is 5.88 Å². The monoisotopic (exact) mass is 460 g/mol. The van der Waals surface area contributed by atoms with E-state index in [0.29, 0.717) is 54.1 Å². The molecule has 2 aromatic heterocycles. The fourth-order valence-electron chi connectivity index (χ4n) is 4.66. The summed E-state index contributed by atoms with van der Waals surface area (Å²) in [6, 6.07) is 5.41. The first-order valence-corrected chi connectivity index (χ1v) is 11.0. The van der Waals surface area contributed by atoms with Crippen LogP contribution in [0.15, 0.2) is 24.5 Å². The number of fused-ring (bicyclic) bond motifs is 2. The zero-order valence-electron chi connectivity index (χ0n) is 18.8. The van der Waals surface area contributed by atoms with Crippen molar-refractivity contribution in [3.05, 3.63) is 35.7 Å². The van der Waals surface area contributed by atoms with Gasteiger partial charge in [-0.1, -0.05) is 6.92 Å². The van der Waals surface area contributed by atoms with Crippen molar-refractivity contribution in [2.24, 2.45) is 5.92 Å². The van der Waals surface area contributed by atoms with E-state index >= 15 is 0 Å². The molecule has 0 aliphatic carbocycles. The summed E-state index contributed by atoms with van der Waals surface area (Å²) in [5.41, 5.74) is 10.0. The number of carbonyl (C=O) groups is 1. The number of hydrogen-bond acceptors (Lipinski definition) is 8. The van der Waals surface area contributed by atoms with Crippen LogP contribution in [0.25, 0.3) is 21.9 Å². The van der Waals surface area contributed by atoms with Crippen molar-refractivity contribution in [1.82, 2.24) is 9.97 Å². The molecule has 10 heteroatoms. The molecule has 1 amide bonds. The van der Waals surface area contributed by atoms with Crippen molar-refractivity contribution in [2.75, 3.05) is 42.3 Å². The quantitative estimate of drug-likeness (QED) is 0.500. The highest BCUT2D eigenvalue weighted by molar-refractivity contribution is 6.02. The van der Waals surface area contributed by atoms with Crippen molar-refractivity contribution in [2.45, 2.75) is 19.9 Å². The second-order valence-corrected chi connectivity index (χ2v) is 8.58. The molecule has 0 unspecified atom stereocenters. The average Bonchev–Trinajstić information content (AvgIpc) is 3.24. The molecular formula is C24H24N6O4. The standard InChI is InChI=1S/C24H24N6O4/c1-12-10-33-11-19(12)30(24(31)32)20-6-14-5-15(16(7-25)21(26)18(14)9-28-20)17-8-29-23-22(13(17)2)27-3-4-34-23/h5-6,8-9,12,19,27H,3-4,10-11,26H2,1-2H3,(H,31,32)/t12-,19+/m1/s1. The van der Waals surface area contributed by atoms with E-state index in [1.165, 1.54) is 11.1 Å². The summed E-state index contributed by atoms with van der Waals surface area (Å²) in [5, 5.41) is 24.4. The second-order valence-electron chi connectivity index (χ2n) is 8.58. The van der Waals surface area contributed by atoms with E-state index in [2.05, 4.69) is 21.4 Å². The lowest BCUT2D eigenvalue weighted by Crippen LogP contribution is -2.43. The molecule has 1 fully saturated rings. The molecule has 2 aliphatic heterocycles. The van der Waals surface area contributed by atoms with E-state index in [-0.39, 0.29) is 23.5 Å². The number of benzene rings is 1. The second kappa shape index (κ2) is 8.35. The maximum atomic E-state index is 12.1. The number of anilines is 3. The van der Waals surface area contributed by atoms with E-state index < -0.39 is 6.09 Å². The predicted octanol–water partition coefficient (Wildman–Crippen LogP) is 3.38. The molecule has 1 aromatic carbocycles. The van der Waals surface area contributed by atoms with Gasteiger partial charge in [-0.15, -0.1) is 0 Å². The Bertz CT molecular complexity index is 1350. The minimum atomic E-state index is -1.10. The summed E-state index contributed by atoms with van der Waals surface area (Å²) in [7, 11) is 0. The third kappa shape index (κ3) is 3.41. The number of carboxylic acid groups (broad SMARTS) is 1. The average molecular weight is 460 g/mol. The van der Waals surface area contributed by atoms with Gasteiger partial charge < -0.3 is 25.6 Å². The Hall–Kier alpha value is -4.10. The van der Waals surface area contributed by atoms with Gasteiger partial charge in [-0.3, -0.25) is 4.90 Å². The summed E-state index contributed by atoms with van der Waals surface area (Å²) in [6.45, 7) is 5.88. The molecule has 34 heavy (non-hydrogen) atoms. The van der Waals surface area contributed by atoms with Crippen LogP contribution in [0.2, 0.25) is 0 Å². The maximum absolute atomic E-state index is 12.1. The number of hydrogen-bond donors (Lipinski definition) is 3. The molecule has 2 atom stereocenters. The molecule has 174 valence electrons. The first-order chi connectivity index (χ1) is 16.4. The fraction of sp³-hybridized carbons (Fsp3) is 0.333. The topological polar surface area (TPSA) is 147 Å². The van der Waals surface area contributed by atoms with Gasteiger partial charge in [-0.05, 0) is 30.0 Å². The lowest BCUT2D eigenvalue weighted by Gasteiger charge is -2.27. The van der Waals surface area contributed by atoms with Crippen LogP contribution in [-0.4, -0.2) is 53.6 Å². The predicted molar refractivity (Wildman–Crippen MR) is 127 cm³/mol. The van der Waals surface area contributed by atoms with Gasteiger partial charge in [-0.2, -0.15) is 5.26 Å². The first kappa shape index (κ1) is 21.7. The minimum Gasteiger partial charge on any atom is -0.474 e. The van der Waals surface area contributed by atoms with E-state index in [1.807, 2.05) is 19.9 Å². The third-order valence-corrected chi connectivity index (χ3v) is 6.51. The summed E-state index contributed by atoms with van der Waals surface area (Å²) in [4.78, 5) is 22.2. The van der Waals surface area contributed by atoms with E-state index in [9.17, 15) is 15.2 Å². The zero-order valence-corrected chi connectivity index (χ0v) is 18.8. The molecule has 0 saturated carbocycles. The molecule has 0 radical (unpaired) electrons. The van der Waals surface area contributed by atoms with Crippen LogP contribution in [0.5, 0.6) is 5.88 Å². The molecule has 3 aromatic rings. The minimum absolute atomic E-state index is 0.0362. The van der Waals surface area contributed by atoms with E-state index in [1.54, 1.807) is 12.3 Å². The number of pyridine rings is 2. The number of nitrogens with two attached hydrogens (primary N) is 1. The van der Waals surface area contributed by atoms with Gasteiger partial charge in [0.1, 0.15) is 24.2 Å². The van der Waals surface area contributed by atoms with E-state index in [4.69, 9.17) is 15.2 Å². The number of ether oxygens (including phenoxy) is 2. The fourth-order valence-corrected chi connectivity index (χ4v) is 4.66. The highest BCUT2D eigenvalue weighted by atomic mass is 16.5. The largest absolute Gasteiger partial charge is 0.474 e. The van der Waals surface area contributed by atoms with Crippen LogP contribution >= 0.6 is 0 Å². The van der Waals surface area contributed by atoms with Gasteiger partial charge in [-0.25, -0.2) is 14.8 Å². The molecular weight excluding hydrogens is 436 g/mol. The van der Waals surface area contributed by atoms with Crippen LogP contribution in [0, 0.1) is 24.2 Å². The summed E-state index contributed by atoms with van der Waals surface area (Å²) in [6.07, 6.45) is 2.09. The molecule has 5 rings (SSSR count). The van der Waals surface area contributed by atoms with Gasteiger partial charge in [0.05, 0.1) is 30.5 Å². The number of amides is 1. The molecule has 0 spiro atoms. The maximum Gasteiger partial charge on any atom is 0.413 e. The van der Waals surface area contributed by atoms with Crippen LogP contribution in [0.3, 0.4) is 0 Å². The Morgan fingerprint density at radius 1 is 1.29 bits per heavy atom. The zero-order chi connectivity index (χ0) is 24.0. The van der Waals surface area contributed by atoms with Crippen molar-refractivity contribution in [1.29, 1.82) is 5.26 Å². The van der Waals surface area contributed by atoms with Crippen molar-refractivity contribution in [3.8, 4) is 23.1 Å². The first-order valence-electron chi connectivity index (χ1n) is 11.0. The molecule has 4 N–H and O–H groups in total. The van der Waals surface area contributed by atoms with Crippen LogP contribution < -0.4 is 20.7 Å². The van der Waals surface area contributed by atoms with Crippen LogP contribution in [0.1, 0.15) is 18.1 Å². The lowest BCUT2D eigenvalue weighted by molar-refractivity contribution is 0.181. The summed E-state index contributed by atoms with van der Waals surface area (Å²) >= 11 is 0. The molecule has 0 bridgehead atoms. The Morgan fingerprint density at radius 2 is 2.12 bits per heavy atom. The highest BCUT2D eigenvalue weighted by Crippen LogP contribution is 2.40. The molecule has 4 heterocycles. The van der Waals surface area contributed by atoms with Gasteiger partial charge in [0.15, 0.2) is 0 Å². The number of nitriles is 1. The van der Waals surface area contributed by atoms with Crippen molar-refractivity contribution < 1.29 is 19.4 Å². The molecule has 2 aliphatic rings. The SMILES string of the molecule is Cc1c(-c2cc3cc(N(C(=O)O)[C@H]4COC[C@H]4C)ncc3c(N)c2C#N)cnc2c1NCCO2. The Labute approximate surface area is 195 Å². The number of nitrogens with zero attached hydrogens (tertiary/aromatic N) is 4. The molecule has 10 nitrogen and oxygen atoms in total. The number of rotatable bonds is 3. The Balaban J connectivity index is 1.68. The number of nitrogen functional groups attached to an aromatic ring is 1. The summed E-state index contributed by atoms with van der Waals surface area (Å²) < 4.78 is 11.1.